The fraction of sp³-hybridized carbons (Fsp3) is 0.393. The highest BCUT2D eigenvalue weighted by molar-refractivity contribution is 5.93. The Morgan fingerprint density at radius 2 is 1.44 bits per heavy atom. The molecule has 3 atom stereocenters. The van der Waals surface area contributed by atoms with Crippen LogP contribution in [0.5, 0.6) is 0 Å². The number of ether oxygens (including phenoxy) is 2. The molecular formula is C28H34N4O7. The van der Waals surface area contributed by atoms with Crippen molar-refractivity contribution >= 4 is 29.8 Å². The Bertz CT molecular complexity index is 1140. The van der Waals surface area contributed by atoms with E-state index in [1.54, 1.807) is 0 Å². The lowest BCUT2D eigenvalue weighted by Gasteiger charge is -2.27. The highest BCUT2D eigenvalue weighted by Gasteiger charge is 2.36. The minimum atomic E-state index is -0.910. The second-order valence-corrected chi connectivity index (χ2v) is 9.22. The SMILES string of the molecule is C[C@@H](NC(=O)CNC(=O)[C@@H]1CCCN1C(=O)[C@@H](C)NC(=O)OCc1ccccc1)C(=O)OCc1ccccc1. The lowest BCUT2D eigenvalue weighted by molar-refractivity contribution is -0.148. The van der Waals surface area contributed by atoms with E-state index in [1.807, 2.05) is 60.7 Å². The van der Waals surface area contributed by atoms with Gasteiger partial charge in [-0.2, -0.15) is 0 Å². The largest absolute Gasteiger partial charge is 0.459 e. The Morgan fingerprint density at radius 3 is 2.05 bits per heavy atom. The fourth-order valence-corrected chi connectivity index (χ4v) is 4.05. The van der Waals surface area contributed by atoms with Crippen LogP contribution in [0.3, 0.4) is 0 Å². The molecule has 0 saturated carbocycles. The molecule has 0 unspecified atom stereocenters. The van der Waals surface area contributed by atoms with Crippen LogP contribution in [0.15, 0.2) is 60.7 Å². The molecule has 11 nitrogen and oxygen atoms in total. The summed E-state index contributed by atoms with van der Waals surface area (Å²) in [5.74, 6) is -2.09. The Kier molecular flexibility index (Phi) is 10.8. The third kappa shape index (κ3) is 9.13. The second kappa shape index (κ2) is 14.5. The number of likely N-dealkylation sites (tertiary alicyclic amines) is 1. The lowest BCUT2D eigenvalue weighted by Crippen LogP contribution is -2.53. The molecule has 2 aromatic carbocycles. The van der Waals surface area contributed by atoms with Gasteiger partial charge in [-0.1, -0.05) is 60.7 Å². The van der Waals surface area contributed by atoms with E-state index in [0.29, 0.717) is 19.4 Å². The van der Waals surface area contributed by atoms with E-state index in [9.17, 15) is 24.0 Å². The van der Waals surface area contributed by atoms with Crippen molar-refractivity contribution in [3.05, 3.63) is 71.8 Å². The van der Waals surface area contributed by atoms with Gasteiger partial charge in [0.05, 0.1) is 6.54 Å². The second-order valence-electron chi connectivity index (χ2n) is 9.22. The quantitative estimate of drug-likeness (QED) is 0.369. The molecule has 3 N–H and O–H groups in total. The maximum Gasteiger partial charge on any atom is 0.408 e. The van der Waals surface area contributed by atoms with E-state index in [2.05, 4.69) is 16.0 Å². The van der Waals surface area contributed by atoms with Crippen LogP contribution in [0.4, 0.5) is 4.79 Å². The maximum atomic E-state index is 12.9. The molecule has 0 bridgehead atoms. The highest BCUT2D eigenvalue weighted by Crippen LogP contribution is 2.18. The third-order valence-corrected chi connectivity index (χ3v) is 6.13. The van der Waals surface area contributed by atoms with Gasteiger partial charge in [-0.3, -0.25) is 14.4 Å². The number of carbonyl (C=O) groups is 5. The summed E-state index contributed by atoms with van der Waals surface area (Å²) in [5, 5.41) is 7.51. The minimum absolute atomic E-state index is 0.0633. The van der Waals surface area contributed by atoms with Crippen LogP contribution in [0, 0.1) is 0 Å². The standard InChI is InChI=1S/C28H34N4O7/c1-19(31-28(37)39-18-22-12-7-4-8-13-22)26(35)32-15-9-14-23(32)25(34)29-16-24(33)30-20(2)27(36)38-17-21-10-5-3-6-11-21/h3-8,10-13,19-20,23H,9,14-18H2,1-2H3,(H,29,34)(H,30,33)(H,31,37)/t19-,20-,23+/m1/s1. The molecule has 39 heavy (non-hydrogen) atoms. The number of alkyl carbamates (subject to hydrolysis) is 1. The summed E-state index contributed by atoms with van der Waals surface area (Å²) in [7, 11) is 0. The molecule has 0 radical (unpaired) electrons. The van der Waals surface area contributed by atoms with Crippen LogP contribution in [0.25, 0.3) is 0 Å². The number of hydrogen-bond donors (Lipinski definition) is 3. The maximum absolute atomic E-state index is 12.9. The smallest absolute Gasteiger partial charge is 0.408 e. The zero-order valence-corrected chi connectivity index (χ0v) is 22.1. The molecule has 0 aromatic heterocycles. The summed E-state index contributed by atoms with van der Waals surface area (Å²) in [4.78, 5) is 63.7. The Labute approximate surface area is 227 Å². The van der Waals surface area contributed by atoms with Crippen molar-refractivity contribution in [3.63, 3.8) is 0 Å². The van der Waals surface area contributed by atoms with Gasteiger partial charge in [0.2, 0.25) is 17.7 Å². The van der Waals surface area contributed by atoms with Crippen LogP contribution < -0.4 is 16.0 Å². The van der Waals surface area contributed by atoms with Crippen LogP contribution in [0.2, 0.25) is 0 Å². The molecule has 1 heterocycles. The van der Waals surface area contributed by atoms with Crippen LogP contribution >= 0.6 is 0 Å². The first kappa shape index (κ1) is 29.2. The Morgan fingerprint density at radius 1 is 0.846 bits per heavy atom. The van der Waals surface area contributed by atoms with Crippen molar-refractivity contribution < 1.29 is 33.4 Å². The van der Waals surface area contributed by atoms with Crippen molar-refractivity contribution in [1.29, 1.82) is 0 Å². The molecule has 4 amide bonds. The number of amides is 4. The van der Waals surface area contributed by atoms with Crippen molar-refractivity contribution in [2.45, 2.75) is 58.0 Å². The van der Waals surface area contributed by atoms with Gasteiger partial charge >= 0.3 is 12.1 Å². The molecule has 2 aromatic rings. The number of nitrogens with one attached hydrogen (secondary N) is 3. The number of esters is 1. The Balaban J connectivity index is 1.40. The number of hydrogen-bond acceptors (Lipinski definition) is 7. The number of carbonyl (C=O) groups excluding carboxylic acids is 5. The van der Waals surface area contributed by atoms with E-state index in [0.717, 1.165) is 11.1 Å². The molecule has 0 aliphatic carbocycles. The van der Waals surface area contributed by atoms with Crippen LogP contribution in [-0.2, 0) is 41.9 Å². The molecule has 0 spiro atoms. The molecule has 1 saturated heterocycles. The highest BCUT2D eigenvalue weighted by atomic mass is 16.5. The van der Waals surface area contributed by atoms with Gasteiger partial charge in [-0.25, -0.2) is 9.59 Å². The summed E-state index contributed by atoms with van der Waals surface area (Å²) in [6.45, 7) is 3.13. The summed E-state index contributed by atoms with van der Waals surface area (Å²) < 4.78 is 10.4. The van der Waals surface area contributed by atoms with Gasteiger partial charge in [-0.05, 0) is 37.8 Å². The molecule has 1 aliphatic heterocycles. The first-order chi connectivity index (χ1) is 18.7. The zero-order valence-electron chi connectivity index (χ0n) is 22.1. The predicted octanol–water partition coefficient (Wildman–Crippen LogP) is 1.66. The van der Waals surface area contributed by atoms with Crippen molar-refractivity contribution in [2.24, 2.45) is 0 Å². The van der Waals surface area contributed by atoms with Crippen LogP contribution in [0.1, 0.15) is 37.8 Å². The molecule has 208 valence electrons. The Hall–Kier alpha value is -4.41. The normalized spacial score (nSPS) is 15.9. The fourth-order valence-electron chi connectivity index (χ4n) is 4.05. The van der Waals surface area contributed by atoms with E-state index in [4.69, 9.17) is 9.47 Å². The summed E-state index contributed by atoms with van der Waals surface area (Å²) in [6, 6.07) is 15.7. The predicted molar refractivity (Wildman–Crippen MR) is 141 cm³/mol. The van der Waals surface area contributed by atoms with Gasteiger partial charge in [-0.15, -0.1) is 0 Å². The summed E-state index contributed by atoms with van der Waals surface area (Å²) >= 11 is 0. The van der Waals surface area contributed by atoms with Gasteiger partial charge in [0.1, 0.15) is 31.3 Å². The molecular weight excluding hydrogens is 504 g/mol. The zero-order chi connectivity index (χ0) is 28.2. The van der Waals surface area contributed by atoms with Crippen molar-refractivity contribution in [3.8, 4) is 0 Å². The first-order valence-electron chi connectivity index (χ1n) is 12.8. The monoisotopic (exact) mass is 538 g/mol. The average Bonchev–Trinajstić information content (AvgIpc) is 3.44. The summed E-state index contributed by atoms with van der Waals surface area (Å²) in [5.41, 5.74) is 1.63. The number of rotatable bonds is 11. The van der Waals surface area contributed by atoms with Gasteiger partial charge in [0, 0.05) is 6.54 Å². The van der Waals surface area contributed by atoms with E-state index in [-0.39, 0.29) is 19.8 Å². The van der Waals surface area contributed by atoms with E-state index >= 15 is 0 Å². The molecule has 1 fully saturated rings. The van der Waals surface area contributed by atoms with E-state index < -0.39 is 47.9 Å². The van der Waals surface area contributed by atoms with Gasteiger partial charge in [0.15, 0.2) is 0 Å². The average molecular weight is 539 g/mol. The summed E-state index contributed by atoms with van der Waals surface area (Å²) in [6.07, 6.45) is 0.283. The van der Waals surface area contributed by atoms with Crippen molar-refractivity contribution in [1.82, 2.24) is 20.9 Å². The molecule has 11 heteroatoms. The lowest BCUT2D eigenvalue weighted by atomic mass is 10.2. The molecule has 1 aliphatic rings. The third-order valence-electron chi connectivity index (χ3n) is 6.13. The van der Waals surface area contributed by atoms with Crippen molar-refractivity contribution in [2.75, 3.05) is 13.1 Å². The van der Waals surface area contributed by atoms with Gasteiger partial charge in [0.25, 0.3) is 0 Å². The van der Waals surface area contributed by atoms with Gasteiger partial charge < -0.3 is 30.3 Å². The first-order valence-corrected chi connectivity index (χ1v) is 12.8. The van der Waals surface area contributed by atoms with Crippen LogP contribution in [-0.4, -0.2) is 65.9 Å². The topological polar surface area (TPSA) is 143 Å². The number of benzene rings is 2. The minimum Gasteiger partial charge on any atom is -0.459 e. The molecule has 3 rings (SSSR count). The van der Waals surface area contributed by atoms with E-state index in [1.165, 1.54) is 18.7 Å². The number of nitrogens with zero attached hydrogens (tertiary/aromatic N) is 1.